The van der Waals surface area contributed by atoms with E-state index in [2.05, 4.69) is 25.7 Å². The van der Waals surface area contributed by atoms with Gasteiger partial charge in [0.15, 0.2) is 0 Å². The Hall–Kier alpha value is -2.85. The Bertz CT molecular complexity index is 798. The minimum Gasteiger partial charge on any atom is -0.372 e. The van der Waals surface area contributed by atoms with Crippen molar-refractivity contribution in [2.45, 2.75) is 32.5 Å². The Labute approximate surface area is 141 Å². The molecule has 0 aliphatic carbocycles. The van der Waals surface area contributed by atoms with E-state index in [1.807, 2.05) is 0 Å². The van der Waals surface area contributed by atoms with Gasteiger partial charge in [0, 0.05) is 13.2 Å². The van der Waals surface area contributed by atoms with Gasteiger partial charge in [-0.1, -0.05) is 0 Å². The molecule has 0 aromatic carbocycles. The second-order valence-corrected chi connectivity index (χ2v) is 5.82. The molecule has 2 rings (SSSR count). The van der Waals surface area contributed by atoms with Crippen molar-refractivity contribution in [3.8, 4) is 0 Å². The average Bonchev–Trinajstić information content (AvgIpc) is 2.87. The van der Waals surface area contributed by atoms with Crippen LogP contribution in [0.25, 0.3) is 0 Å². The normalized spacial score (nSPS) is 12.1. The molecular weight excluding hydrogens is 339 g/mol. The van der Waals surface area contributed by atoms with Crippen LogP contribution in [0.1, 0.15) is 25.1 Å². The predicted octanol–water partition coefficient (Wildman–Crippen LogP) is 2.01. The minimum absolute atomic E-state index is 0.0446. The summed E-state index contributed by atoms with van der Waals surface area (Å²) < 4.78 is 40.0. The molecule has 0 bridgehead atoms. The monoisotopic (exact) mass is 357 g/mol. The fraction of sp³-hybridized carbons (Fsp3) is 0.429. The largest absolute Gasteiger partial charge is 0.421 e. The van der Waals surface area contributed by atoms with Crippen molar-refractivity contribution in [1.29, 1.82) is 0 Å². The molecule has 2 heterocycles. The number of hydrogen-bond donors (Lipinski definition) is 3. The lowest BCUT2D eigenvalue weighted by Crippen LogP contribution is -2.41. The van der Waals surface area contributed by atoms with Crippen molar-refractivity contribution in [1.82, 2.24) is 19.7 Å². The number of hydrogen-bond acceptors (Lipinski definition) is 6. The summed E-state index contributed by atoms with van der Waals surface area (Å²) in [6, 6.07) is 0. The molecule has 25 heavy (non-hydrogen) atoms. The molecule has 0 atom stereocenters. The van der Waals surface area contributed by atoms with Crippen LogP contribution in [-0.2, 0) is 16.5 Å². The molecule has 11 heteroatoms. The molecule has 0 aliphatic rings. The fourth-order valence-electron chi connectivity index (χ4n) is 1.94. The first-order valence-electron chi connectivity index (χ1n) is 7.22. The Morgan fingerprint density at radius 3 is 2.48 bits per heavy atom. The summed E-state index contributed by atoms with van der Waals surface area (Å²) in [5.41, 5.74) is 4.26. The van der Waals surface area contributed by atoms with Gasteiger partial charge in [-0.05, 0) is 20.8 Å². The molecule has 2 aromatic heterocycles. The van der Waals surface area contributed by atoms with Crippen molar-refractivity contribution in [3.63, 3.8) is 0 Å². The smallest absolute Gasteiger partial charge is 0.372 e. The number of nitrogens with one attached hydrogen (secondary N) is 2. The first-order valence-corrected chi connectivity index (χ1v) is 7.22. The summed E-state index contributed by atoms with van der Waals surface area (Å²) in [5.74, 6) is -0.978. The highest BCUT2D eigenvalue weighted by Gasteiger charge is 2.35. The number of nitrogens with zero attached hydrogens (tertiary/aromatic N) is 4. The Morgan fingerprint density at radius 2 is 1.96 bits per heavy atom. The van der Waals surface area contributed by atoms with Crippen LogP contribution < -0.4 is 16.4 Å². The minimum atomic E-state index is -4.57. The van der Waals surface area contributed by atoms with Gasteiger partial charge in [0.25, 0.3) is 0 Å². The number of halogens is 3. The number of nitrogens with two attached hydrogens (primary N) is 1. The molecule has 0 saturated carbocycles. The number of rotatable bonds is 5. The zero-order chi connectivity index (χ0) is 19.0. The summed E-state index contributed by atoms with van der Waals surface area (Å²) in [7, 11) is 1.33. The van der Waals surface area contributed by atoms with Crippen LogP contribution in [0.4, 0.5) is 30.6 Å². The number of anilines is 3. The van der Waals surface area contributed by atoms with Crippen LogP contribution in [0.3, 0.4) is 0 Å². The van der Waals surface area contributed by atoms with Crippen molar-refractivity contribution < 1.29 is 18.0 Å². The number of aryl methyl sites for hydroxylation is 1. The Kier molecular flexibility index (Phi) is 4.60. The van der Waals surface area contributed by atoms with Crippen LogP contribution >= 0.6 is 0 Å². The summed E-state index contributed by atoms with van der Waals surface area (Å²) >= 11 is 0. The molecule has 0 unspecified atom stereocenters. The third kappa shape index (κ3) is 3.64. The Morgan fingerprint density at radius 1 is 1.32 bits per heavy atom. The lowest BCUT2D eigenvalue weighted by molar-refractivity contribution is -0.137. The molecule has 1 amide bonds. The van der Waals surface area contributed by atoms with Crippen LogP contribution in [0.2, 0.25) is 0 Å². The highest BCUT2D eigenvalue weighted by molar-refractivity contribution is 5.81. The van der Waals surface area contributed by atoms with Gasteiger partial charge in [-0.15, -0.1) is 0 Å². The average molecular weight is 357 g/mol. The Balaban J connectivity index is 2.35. The van der Waals surface area contributed by atoms with Gasteiger partial charge in [-0.2, -0.15) is 23.3 Å². The van der Waals surface area contributed by atoms with Crippen LogP contribution in [0.15, 0.2) is 12.4 Å². The SMILES string of the molecule is CNc1nc(Nc2cn(C(C)(C)C(N)=O)nc2C)ncc1C(F)(F)F. The summed E-state index contributed by atoms with van der Waals surface area (Å²) in [6.07, 6.45) is -2.36. The molecule has 0 saturated heterocycles. The van der Waals surface area contributed by atoms with E-state index < -0.39 is 23.2 Å². The van der Waals surface area contributed by atoms with Gasteiger partial charge in [0.05, 0.1) is 17.6 Å². The summed E-state index contributed by atoms with van der Waals surface area (Å²) in [4.78, 5) is 19.0. The third-order valence-electron chi connectivity index (χ3n) is 3.65. The molecule has 0 spiro atoms. The maximum Gasteiger partial charge on any atom is 0.421 e. The number of carbonyl (C=O) groups is 1. The maximum atomic E-state index is 12.9. The molecule has 2 aromatic rings. The molecule has 8 nitrogen and oxygen atoms in total. The van der Waals surface area contributed by atoms with E-state index in [0.29, 0.717) is 17.6 Å². The van der Waals surface area contributed by atoms with Gasteiger partial charge in [0.1, 0.15) is 16.9 Å². The number of carbonyl (C=O) groups excluding carboxylic acids is 1. The van der Waals surface area contributed by atoms with Crippen LogP contribution in [-0.4, -0.2) is 32.7 Å². The molecule has 0 aliphatic heterocycles. The lowest BCUT2D eigenvalue weighted by Gasteiger charge is -2.20. The zero-order valence-electron chi connectivity index (χ0n) is 14.1. The number of alkyl halides is 3. The second kappa shape index (κ2) is 6.22. The number of amides is 1. The third-order valence-corrected chi connectivity index (χ3v) is 3.65. The van der Waals surface area contributed by atoms with E-state index in [0.717, 1.165) is 0 Å². The van der Waals surface area contributed by atoms with Crippen molar-refractivity contribution in [3.05, 3.63) is 23.7 Å². The molecule has 0 radical (unpaired) electrons. The highest BCUT2D eigenvalue weighted by atomic mass is 19.4. The van der Waals surface area contributed by atoms with Gasteiger partial charge < -0.3 is 16.4 Å². The van der Waals surface area contributed by atoms with Crippen molar-refractivity contribution >= 4 is 23.4 Å². The molecule has 0 fully saturated rings. The summed E-state index contributed by atoms with van der Waals surface area (Å²) in [5, 5.41) is 9.39. The standard InChI is InChI=1S/C14H18F3N7O/c1-7-9(6-24(23-7)13(2,3)11(18)25)21-12-20-5-8(14(15,16)17)10(19-4)22-12/h5-6H,1-4H3,(H2,18,25)(H2,19,20,21,22). The zero-order valence-corrected chi connectivity index (χ0v) is 14.1. The topological polar surface area (TPSA) is 111 Å². The van der Waals surface area contributed by atoms with Gasteiger partial charge >= 0.3 is 6.18 Å². The molecule has 136 valence electrons. The quantitative estimate of drug-likeness (QED) is 0.755. The van der Waals surface area contributed by atoms with E-state index in [1.165, 1.54) is 17.9 Å². The van der Waals surface area contributed by atoms with Crippen LogP contribution in [0, 0.1) is 6.92 Å². The number of aromatic nitrogens is 4. The lowest BCUT2D eigenvalue weighted by atomic mass is 10.1. The molecular formula is C14H18F3N7O. The van der Waals surface area contributed by atoms with E-state index in [4.69, 9.17) is 5.73 Å². The van der Waals surface area contributed by atoms with Crippen molar-refractivity contribution in [2.75, 3.05) is 17.7 Å². The van der Waals surface area contributed by atoms with Gasteiger partial charge in [0.2, 0.25) is 11.9 Å². The molecule has 4 N–H and O–H groups in total. The van der Waals surface area contributed by atoms with E-state index in [-0.39, 0.29) is 11.8 Å². The summed E-state index contributed by atoms with van der Waals surface area (Å²) in [6.45, 7) is 4.86. The van der Waals surface area contributed by atoms with Gasteiger partial charge in [-0.3, -0.25) is 9.48 Å². The number of primary amides is 1. The van der Waals surface area contributed by atoms with Crippen molar-refractivity contribution in [2.24, 2.45) is 5.73 Å². The van der Waals surface area contributed by atoms with Gasteiger partial charge in [-0.25, -0.2) is 4.98 Å². The van der Waals surface area contributed by atoms with E-state index >= 15 is 0 Å². The van der Waals surface area contributed by atoms with E-state index in [9.17, 15) is 18.0 Å². The van der Waals surface area contributed by atoms with E-state index in [1.54, 1.807) is 20.8 Å². The maximum absolute atomic E-state index is 12.9. The van der Waals surface area contributed by atoms with Crippen LogP contribution in [0.5, 0.6) is 0 Å². The fourth-order valence-corrected chi connectivity index (χ4v) is 1.94. The first kappa shape index (κ1) is 18.5. The first-order chi connectivity index (χ1) is 11.5. The second-order valence-electron chi connectivity index (χ2n) is 5.82. The highest BCUT2D eigenvalue weighted by Crippen LogP contribution is 2.34. The predicted molar refractivity (Wildman–Crippen MR) is 85.3 cm³/mol.